The van der Waals surface area contributed by atoms with Crippen LogP contribution < -0.4 is 5.32 Å². The summed E-state index contributed by atoms with van der Waals surface area (Å²) in [5.74, 6) is 0.346. The van der Waals surface area contributed by atoms with Gasteiger partial charge in [-0.2, -0.15) is 0 Å². The summed E-state index contributed by atoms with van der Waals surface area (Å²) in [5, 5.41) is 3.47. The molecule has 1 unspecified atom stereocenters. The Balaban J connectivity index is 1.11. The molecule has 320 valence electrons. The first-order valence-electron chi connectivity index (χ1n) is 21.5. The number of hydrogen-bond acceptors (Lipinski definition) is 9. The zero-order chi connectivity index (χ0) is 43.7. The number of thiazole rings is 2. The lowest BCUT2D eigenvalue weighted by Crippen LogP contribution is -2.10. The molecule has 0 amide bonds. The van der Waals surface area contributed by atoms with E-state index in [1.54, 1.807) is 43.0 Å². The lowest BCUT2D eigenvalue weighted by atomic mass is 9.79. The van der Waals surface area contributed by atoms with E-state index < -0.39 is 0 Å². The summed E-state index contributed by atoms with van der Waals surface area (Å²) in [4.78, 5) is 34.7. The van der Waals surface area contributed by atoms with Gasteiger partial charge in [-0.1, -0.05) is 25.5 Å². The number of allylic oxidation sites excluding steroid dienone is 2. The van der Waals surface area contributed by atoms with Crippen LogP contribution in [0.15, 0.2) is 114 Å². The second-order valence-corrected chi connectivity index (χ2v) is 18.2. The number of benzene rings is 4. The summed E-state index contributed by atoms with van der Waals surface area (Å²) in [5.41, 5.74) is 17.9. The van der Waals surface area contributed by atoms with Crippen molar-refractivity contribution in [3.8, 4) is 33.5 Å². The van der Waals surface area contributed by atoms with Gasteiger partial charge in [0.1, 0.15) is 17.5 Å². The predicted octanol–water partition coefficient (Wildman–Crippen LogP) is 13.2. The third kappa shape index (κ3) is 8.40. The fraction of sp³-hybridized carbons (Fsp3) is 0.216. The lowest BCUT2D eigenvalue weighted by molar-refractivity contribution is 0.617. The molecule has 64 heavy (non-hydrogen) atoms. The summed E-state index contributed by atoms with van der Waals surface area (Å²) in [7, 11) is 0. The Morgan fingerprint density at radius 3 is 2.48 bits per heavy atom. The summed E-state index contributed by atoms with van der Waals surface area (Å²) >= 11 is 3.14. The van der Waals surface area contributed by atoms with E-state index in [1.807, 2.05) is 48.4 Å². The maximum absolute atomic E-state index is 17.0. The van der Waals surface area contributed by atoms with Gasteiger partial charge in [-0.15, -0.1) is 22.7 Å². The molecule has 0 fully saturated rings. The summed E-state index contributed by atoms with van der Waals surface area (Å²) < 4.78 is 33.7. The molecule has 0 aliphatic heterocycles. The molecule has 0 saturated carbocycles. The quantitative estimate of drug-likeness (QED) is 0.119. The second-order valence-electron chi connectivity index (χ2n) is 16.4. The van der Waals surface area contributed by atoms with Gasteiger partial charge in [-0.05, 0) is 127 Å². The van der Waals surface area contributed by atoms with Crippen LogP contribution in [0.25, 0.3) is 59.5 Å². The molecule has 0 spiro atoms. The molecule has 0 radical (unpaired) electrons. The van der Waals surface area contributed by atoms with Gasteiger partial charge in [0.15, 0.2) is 0 Å². The zero-order valence-electron chi connectivity index (χ0n) is 35.7. The standard InChI is InChI=1S/C51H45F2N9S2/c1-4-48-57-25-38(62-48)24-55-35-7-5-6-8-39(40(19-35)31-10-12-45-46(17-31)63-27-60-45)33-14-30(3)49(53)42(15-33)43-16-34(18-47-51(43)61-28-64-47)41-20-36(56-23-37-21-54-26-59-37)22-58-50(41)32-9-11-44(52)29(2)13-32/h9-22,25-28,39,56H,4-8,23-24H2,1-3H3,(H,54,59)(H,57,62). The van der Waals surface area contributed by atoms with Gasteiger partial charge in [0.05, 0.1) is 86.0 Å². The average Bonchev–Trinajstić information content (AvgIpc) is 4.15. The van der Waals surface area contributed by atoms with Gasteiger partial charge < -0.3 is 15.3 Å². The monoisotopic (exact) mass is 885 g/mol. The Labute approximate surface area is 377 Å². The number of rotatable bonds is 11. The van der Waals surface area contributed by atoms with E-state index >= 15 is 4.39 Å². The van der Waals surface area contributed by atoms with Crippen LogP contribution in [0.4, 0.5) is 14.5 Å². The Morgan fingerprint density at radius 1 is 0.781 bits per heavy atom. The highest BCUT2D eigenvalue weighted by atomic mass is 32.1. The molecule has 1 aliphatic carbocycles. The van der Waals surface area contributed by atoms with Crippen LogP contribution in [0, 0.1) is 25.5 Å². The summed E-state index contributed by atoms with van der Waals surface area (Å²) in [6.07, 6.45) is 13.9. The zero-order valence-corrected chi connectivity index (χ0v) is 37.3. The Hall–Kier alpha value is -6.70. The first kappa shape index (κ1) is 41.3. The Kier molecular flexibility index (Phi) is 11.5. The van der Waals surface area contributed by atoms with Crippen LogP contribution in [0.2, 0.25) is 0 Å². The molecular weight excluding hydrogens is 841 g/mol. The Bertz CT molecular complexity index is 3210. The molecule has 0 saturated heterocycles. The van der Waals surface area contributed by atoms with Crippen molar-refractivity contribution in [2.75, 3.05) is 5.32 Å². The maximum atomic E-state index is 17.0. The highest BCUT2D eigenvalue weighted by molar-refractivity contribution is 7.17. The maximum Gasteiger partial charge on any atom is 0.134 e. The Morgan fingerprint density at radius 2 is 1.64 bits per heavy atom. The molecule has 5 heterocycles. The highest BCUT2D eigenvalue weighted by Gasteiger charge is 2.26. The minimum absolute atomic E-state index is 0.0444. The molecule has 3 N–H and O–H groups in total. The van der Waals surface area contributed by atoms with E-state index in [0.717, 1.165) is 115 Å². The number of nitrogens with zero attached hydrogens (tertiary/aromatic N) is 6. The largest absolute Gasteiger partial charge is 0.378 e. The number of imidazole rings is 2. The molecule has 1 aliphatic rings. The van der Waals surface area contributed by atoms with Crippen LogP contribution in [-0.2, 0) is 19.5 Å². The van der Waals surface area contributed by atoms with Gasteiger partial charge in [0.25, 0.3) is 0 Å². The van der Waals surface area contributed by atoms with Crippen molar-refractivity contribution in [3.63, 3.8) is 0 Å². The molecule has 5 aromatic heterocycles. The number of aromatic amines is 2. The number of anilines is 1. The van der Waals surface area contributed by atoms with Crippen LogP contribution in [0.1, 0.15) is 78.0 Å². The van der Waals surface area contributed by atoms with Crippen LogP contribution in [-0.4, -0.2) is 40.6 Å². The number of aryl methyl sites for hydroxylation is 3. The first-order chi connectivity index (χ1) is 31.3. The number of aliphatic imine (C=N–C) groups is 1. The first-order valence-corrected chi connectivity index (χ1v) is 23.3. The predicted molar refractivity (Wildman–Crippen MR) is 257 cm³/mol. The van der Waals surface area contributed by atoms with E-state index in [1.165, 1.54) is 17.4 Å². The molecule has 10 rings (SSSR count). The second kappa shape index (κ2) is 17.8. The minimum atomic E-state index is -0.284. The number of nitrogens with one attached hydrogen (secondary N) is 3. The smallest absolute Gasteiger partial charge is 0.134 e. The highest BCUT2D eigenvalue weighted by Crippen LogP contribution is 2.44. The molecule has 13 heteroatoms. The average molecular weight is 886 g/mol. The molecular formula is C51H45F2N9S2. The molecule has 9 aromatic rings. The minimum Gasteiger partial charge on any atom is -0.378 e. The van der Waals surface area contributed by atoms with Gasteiger partial charge in [-0.3, -0.25) is 9.98 Å². The van der Waals surface area contributed by atoms with Crippen LogP contribution >= 0.6 is 22.7 Å². The van der Waals surface area contributed by atoms with Gasteiger partial charge in [0, 0.05) is 46.5 Å². The number of hydrogen-bond donors (Lipinski definition) is 3. The summed E-state index contributed by atoms with van der Waals surface area (Å²) in [6, 6.07) is 21.8. The van der Waals surface area contributed by atoms with E-state index in [-0.39, 0.29) is 17.6 Å². The number of aromatic nitrogens is 7. The lowest BCUT2D eigenvalue weighted by Gasteiger charge is -2.26. The van der Waals surface area contributed by atoms with Crippen molar-refractivity contribution in [2.45, 2.75) is 71.9 Å². The number of halogens is 2. The van der Waals surface area contributed by atoms with E-state index in [4.69, 9.17) is 15.0 Å². The summed E-state index contributed by atoms with van der Waals surface area (Å²) in [6.45, 7) is 6.73. The normalized spacial score (nSPS) is 15.2. The number of pyridine rings is 1. The molecule has 4 aromatic carbocycles. The fourth-order valence-corrected chi connectivity index (χ4v) is 10.2. The van der Waals surface area contributed by atoms with Crippen molar-refractivity contribution in [1.29, 1.82) is 0 Å². The number of fused-ring (bicyclic) bond motifs is 2. The van der Waals surface area contributed by atoms with E-state index in [2.05, 4.69) is 73.6 Å². The van der Waals surface area contributed by atoms with Crippen LogP contribution in [0.5, 0.6) is 0 Å². The molecule has 0 bridgehead atoms. The van der Waals surface area contributed by atoms with Crippen LogP contribution in [0.3, 0.4) is 0 Å². The number of H-pyrrole nitrogens is 2. The van der Waals surface area contributed by atoms with E-state index in [9.17, 15) is 4.39 Å². The SMILES string of the molecule is CCc1ncc(CN=C2C=C(c3ccc4ncsc4c3)C(c3cc(C)c(F)c(-c4cc(-c5cc(NCc6cnc[nH]6)cnc5-c5ccc(F)c(C)c5)cc5scnc45)c3)CCCC2)[nH]1. The fourth-order valence-electron chi connectivity index (χ4n) is 8.71. The third-order valence-electron chi connectivity index (χ3n) is 12.1. The van der Waals surface area contributed by atoms with Gasteiger partial charge >= 0.3 is 0 Å². The van der Waals surface area contributed by atoms with Crippen molar-refractivity contribution in [1.82, 2.24) is 34.9 Å². The van der Waals surface area contributed by atoms with Crippen molar-refractivity contribution in [3.05, 3.63) is 160 Å². The van der Waals surface area contributed by atoms with Gasteiger partial charge in [0.2, 0.25) is 0 Å². The van der Waals surface area contributed by atoms with E-state index in [0.29, 0.717) is 41.0 Å². The van der Waals surface area contributed by atoms with Crippen molar-refractivity contribution >= 4 is 60.1 Å². The van der Waals surface area contributed by atoms with Crippen molar-refractivity contribution < 1.29 is 8.78 Å². The molecule has 9 nitrogen and oxygen atoms in total. The third-order valence-corrected chi connectivity index (χ3v) is 13.6. The topological polar surface area (TPSA) is 120 Å². The molecule has 1 atom stereocenters. The van der Waals surface area contributed by atoms with Gasteiger partial charge in [-0.25, -0.2) is 28.7 Å². The van der Waals surface area contributed by atoms with Crippen molar-refractivity contribution in [2.24, 2.45) is 4.99 Å².